The molecule has 10 heteroatoms. The van der Waals surface area contributed by atoms with Crippen molar-refractivity contribution in [3.05, 3.63) is 63.1 Å². The first kappa shape index (κ1) is 19.1. The van der Waals surface area contributed by atoms with Crippen molar-refractivity contribution in [3.63, 3.8) is 0 Å². The second-order valence-electron chi connectivity index (χ2n) is 6.79. The number of carbonyl (C=O) groups is 2. The number of carbonyl (C=O) groups excluding carboxylic acids is 2. The Morgan fingerprint density at radius 2 is 2.10 bits per heavy atom. The third-order valence-electron chi connectivity index (χ3n) is 5.00. The van der Waals surface area contributed by atoms with Crippen molar-refractivity contribution in [2.24, 2.45) is 0 Å². The minimum Gasteiger partial charge on any atom is -0.503 e. The Bertz CT molecular complexity index is 1070. The highest BCUT2D eigenvalue weighted by molar-refractivity contribution is 5.99. The standard InChI is InChI=1S/C19H17F2N3O5/c20-11-2-1-10(13(21)7-11)3-4-22-18(27)12-8-23-9-14-24(5-6-29-14)19(28)15(23)17(26)16(12)25/h1-2,7-8,14,26H,3-6,9H2,(H,22,27)/t14-/m1/s1. The van der Waals surface area contributed by atoms with Crippen LogP contribution in [0.1, 0.15) is 26.4 Å². The third kappa shape index (κ3) is 3.35. The van der Waals surface area contributed by atoms with Crippen molar-refractivity contribution in [1.82, 2.24) is 14.8 Å². The highest BCUT2D eigenvalue weighted by Gasteiger charge is 2.39. The van der Waals surface area contributed by atoms with Gasteiger partial charge < -0.3 is 24.6 Å². The summed E-state index contributed by atoms with van der Waals surface area (Å²) in [6.07, 6.45) is 0.774. The molecule has 1 atom stereocenters. The summed E-state index contributed by atoms with van der Waals surface area (Å²) in [6, 6.07) is 3.13. The minimum atomic E-state index is -0.964. The summed E-state index contributed by atoms with van der Waals surface area (Å²) < 4.78 is 33.4. The van der Waals surface area contributed by atoms with Crippen LogP contribution >= 0.6 is 0 Å². The SMILES string of the molecule is O=C(NCCc1ccc(F)cc1F)c1cn2c(c(O)c1=O)C(=O)N1CCO[C@@H]1C2. The molecule has 2 N–H and O–H groups in total. The van der Waals surface area contributed by atoms with Crippen LogP contribution in [0.3, 0.4) is 0 Å². The molecule has 0 unspecified atom stereocenters. The first-order chi connectivity index (χ1) is 13.9. The second-order valence-corrected chi connectivity index (χ2v) is 6.79. The molecule has 4 rings (SSSR count). The van der Waals surface area contributed by atoms with Crippen molar-refractivity contribution in [2.45, 2.75) is 19.2 Å². The summed E-state index contributed by atoms with van der Waals surface area (Å²) in [5.41, 5.74) is -1.28. The number of aromatic nitrogens is 1. The Hall–Kier alpha value is -3.27. The number of hydrogen-bond donors (Lipinski definition) is 2. The molecular weight excluding hydrogens is 388 g/mol. The Kier molecular flexibility index (Phi) is 4.79. The van der Waals surface area contributed by atoms with Gasteiger partial charge in [-0.1, -0.05) is 6.07 Å². The normalized spacial score (nSPS) is 17.8. The van der Waals surface area contributed by atoms with E-state index in [0.717, 1.165) is 12.1 Å². The molecule has 0 bridgehead atoms. The number of halogens is 2. The van der Waals surface area contributed by atoms with Gasteiger partial charge in [-0.2, -0.15) is 0 Å². The van der Waals surface area contributed by atoms with Gasteiger partial charge in [0.25, 0.3) is 11.8 Å². The lowest BCUT2D eigenvalue weighted by Crippen LogP contribution is -2.46. The number of aromatic hydroxyl groups is 1. The van der Waals surface area contributed by atoms with Gasteiger partial charge in [-0.25, -0.2) is 8.78 Å². The lowest BCUT2D eigenvalue weighted by molar-refractivity contribution is 0.00845. The van der Waals surface area contributed by atoms with Crippen LogP contribution in [-0.4, -0.2) is 52.3 Å². The summed E-state index contributed by atoms with van der Waals surface area (Å²) in [5, 5.41) is 12.7. The fourth-order valence-electron chi connectivity index (χ4n) is 3.52. The smallest absolute Gasteiger partial charge is 0.276 e. The van der Waals surface area contributed by atoms with Gasteiger partial charge in [-0.3, -0.25) is 14.4 Å². The summed E-state index contributed by atoms with van der Waals surface area (Å²) in [7, 11) is 0. The lowest BCUT2D eigenvalue weighted by Gasteiger charge is -2.31. The minimum absolute atomic E-state index is 0.0121. The molecule has 8 nitrogen and oxygen atoms in total. The fraction of sp³-hybridized carbons (Fsp3) is 0.316. The molecule has 2 aliphatic heterocycles. The Morgan fingerprint density at radius 3 is 2.86 bits per heavy atom. The molecule has 0 radical (unpaired) electrons. The van der Waals surface area contributed by atoms with Crippen molar-refractivity contribution in [3.8, 4) is 5.75 Å². The van der Waals surface area contributed by atoms with Gasteiger partial charge in [-0.05, 0) is 18.1 Å². The molecule has 0 spiro atoms. The van der Waals surface area contributed by atoms with E-state index in [9.17, 15) is 28.3 Å². The van der Waals surface area contributed by atoms with E-state index in [1.807, 2.05) is 0 Å². The predicted molar refractivity (Wildman–Crippen MR) is 95.5 cm³/mol. The Morgan fingerprint density at radius 1 is 1.31 bits per heavy atom. The third-order valence-corrected chi connectivity index (χ3v) is 5.00. The number of hydrogen-bond acceptors (Lipinski definition) is 5. The maximum absolute atomic E-state index is 13.7. The average molecular weight is 405 g/mol. The molecule has 0 saturated carbocycles. The van der Waals surface area contributed by atoms with E-state index < -0.39 is 40.9 Å². The van der Waals surface area contributed by atoms with Gasteiger partial charge in [-0.15, -0.1) is 0 Å². The van der Waals surface area contributed by atoms with E-state index in [4.69, 9.17) is 4.74 Å². The summed E-state index contributed by atoms with van der Waals surface area (Å²) >= 11 is 0. The van der Waals surface area contributed by atoms with Crippen LogP contribution in [0.4, 0.5) is 8.78 Å². The molecule has 2 aromatic rings. The highest BCUT2D eigenvalue weighted by Crippen LogP contribution is 2.26. The topological polar surface area (TPSA) is 101 Å². The highest BCUT2D eigenvalue weighted by atomic mass is 19.1. The number of amides is 2. The van der Waals surface area contributed by atoms with Crippen LogP contribution in [0.15, 0.2) is 29.2 Å². The fourth-order valence-corrected chi connectivity index (χ4v) is 3.52. The number of benzene rings is 1. The number of nitrogens with one attached hydrogen (secondary N) is 1. The first-order valence-corrected chi connectivity index (χ1v) is 8.98. The van der Waals surface area contributed by atoms with Gasteiger partial charge in [0.2, 0.25) is 5.43 Å². The van der Waals surface area contributed by atoms with Crippen LogP contribution in [0, 0.1) is 11.6 Å². The summed E-state index contributed by atoms with van der Waals surface area (Å²) in [5.74, 6) is -3.53. The maximum Gasteiger partial charge on any atom is 0.276 e. The molecule has 29 heavy (non-hydrogen) atoms. The predicted octanol–water partition coefficient (Wildman–Crippen LogP) is 0.617. The van der Waals surface area contributed by atoms with Crippen molar-refractivity contribution >= 4 is 11.8 Å². The van der Waals surface area contributed by atoms with E-state index in [-0.39, 0.29) is 36.3 Å². The van der Waals surface area contributed by atoms with Gasteiger partial charge in [0, 0.05) is 25.4 Å². The number of pyridine rings is 1. The van der Waals surface area contributed by atoms with Gasteiger partial charge in [0.15, 0.2) is 17.7 Å². The van der Waals surface area contributed by atoms with Crippen molar-refractivity contribution in [2.75, 3.05) is 19.7 Å². The summed E-state index contributed by atoms with van der Waals surface area (Å²) in [4.78, 5) is 38.8. The maximum atomic E-state index is 13.7. The van der Waals surface area contributed by atoms with Crippen LogP contribution in [0.5, 0.6) is 5.75 Å². The molecule has 1 aromatic heterocycles. The molecule has 3 heterocycles. The number of nitrogens with zero attached hydrogens (tertiary/aromatic N) is 2. The largest absolute Gasteiger partial charge is 0.503 e. The summed E-state index contributed by atoms with van der Waals surface area (Å²) in [6.45, 7) is 0.875. The van der Waals surface area contributed by atoms with Gasteiger partial charge in [0.05, 0.1) is 13.2 Å². The number of ether oxygens (including phenoxy) is 1. The second kappa shape index (κ2) is 7.28. The van der Waals surface area contributed by atoms with Crippen LogP contribution in [0.25, 0.3) is 0 Å². The Labute approximate surface area is 163 Å². The zero-order valence-electron chi connectivity index (χ0n) is 15.2. The first-order valence-electron chi connectivity index (χ1n) is 8.98. The van der Waals surface area contributed by atoms with Crippen molar-refractivity contribution in [1.29, 1.82) is 0 Å². The zero-order chi connectivity index (χ0) is 20.7. The van der Waals surface area contributed by atoms with Gasteiger partial charge >= 0.3 is 0 Å². The number of rotatable bonds is 4. The molecular formula is C19H17F2N3O5. The van der Waals surface area contributed by atoms with Crippen LogP contribution in [0.2, 0.25) is 0 Å². The lowest BCUT2D eigenvalue weighted by atomic mass is 10.1. The molecule has 2 aliphatic rings. The molecule has 2 amide bonds. The van der Waals surface area contributed by atoms with Crippen LogP contribution < -0.4 is 10.7 Å². The van der Waals surface area contributed by atoms with E-state index in [2.05, 4.69) is 5.32 Å². The monoisotopic (exact) mass is 405 g/mol. The Balaban J connectivity index is 1.53. The van der Waals surface area contributed by atoms with E-state index in [1.165, 1.54) is 21.7 Å². The molecule has 0 aliphatic carbocycles. The van der Waals surface area contributed by atoms with E-state index in [0.29, 0.717) is 13.2 Å². The molecule has 1 saturated heterocycles. The van der Waals surface area contributed by atoms with Crippen molar-refractivity contribution < 1.29 is 28.2 Å². The average Bonchev–Trinajstić information content (AvgIpc) is 3.15. The molecule has 1 fully saturated rings. The number of fused-ring (bicyclic) bond motifs is 2. The van der Waals surface area contributed by atoms with E-state index >= 15 is 0 Å². The quantitative estimate of drug-likeness (QED) is 0.777. The molecule has 1 aromatic carbocycles. The van der Waals surface area contributed by atoms with Crippen LogP contribution in [-0.2, 0) is 17.7 Å². The zero-order valence-corrected chi connectivity index (χ0v) is 15.2. The van der Waals surface area contributed by atoms with Gasteiger partial charge in [0.1, 0.15) is 17.2 Å². The molecule has 152 valence electrons. The van der Waals surface area contributed by atoms with E-state index in [1.54, 1.807) is 0 Å².